The smallest absolute Gasteiger partial charge is 0.258 e. The molecule has 1 aromatic heterocycles. The van der Waals surface area contributed by atoms with Gasteiger partial charge in [0.15, 0.2) is 0 Å². The summed E-state index contributed by atoms with van der Waals surface area (Å²) in [6, 6.07) is 13.7. The van der Waals surface area contributed by atoms with E-state index < -0.39 is 16.2 Å². The molecule has 1 atom stereocenters. The molecule has 4 rings (SSSR count). The second kappa shape index (κ2) is 9.22. The van der Waals surface area contributed by atoms with Gasteiger partial charge in [-0.2, -0.15) is 10.2 Å². The summed E-state index contributed by atoms with van der Waals surface area (Å²) < 4.78 is 11.4. The zero-order chi connectivity index (χ0) is 27.4. The minimum Gasteiger partial charge on any atom is -0.490 e. The van der Waals surface area contributed by atoms with Gasteiger partial charge in [-0.05, 0) is 54.9 Å². The molecule has 182 valence electrons. The van der Waals surface area contributed by atoms with Crippen molar-refractivity contribution in [2.45, 2.75) is 47.8 Å². The maximum absolute atomic E-state index is 10.9. The Balaban J connectivity index is 1.74. The molecular formula is C23H31B7N4O3. The molecule has 3 aromatic rings. The van der Waals surface area contributed by atoms with E-state index in [1.807, 2.05) is 63.4 Å². The third-order valence-corrected chi connectivity index (χ3v) is 8.16. The Morgan fingerprint density at radius 1 is 1.16 bits per heavy atom. The van der Waals surface area contributed by atoms with E-state index in [2.05, 4.69) is 46.1 Å². The normalized spacial score (nSPS) is 18.9. The van der Waals surface area contributed by atoms with E-state index in [0.717, 1.165) is 12.0 Å². The first-order valence-corrected chi connectivity index (χ1v) is 12.8. The number of nitriles is 1. The fourth-order valence-electron chi connectivity index (χ4n) is 5.01. The Kier molecular flexibility index (Phi) is 6.80. The predicted octanol–water partition coefficient (Wildman–Crippen LogP) is -3.79. The topological polar surface area (TPSA) is 104 Å². The van der Waals surface area contributed by atoms with Crippen LogP contribution in [0, 0.1) is 11.3 Å². The first-order chi connectivity index (χ1) is 17.1. The van der Waals surface area contributed by atoms with Crippen LogP contribution in [-0.4, -0.2) is 87.0 Å². The van der Waals surface area contributed by atoms with Crippen molar-refractivity contribution in [3.63, 3.8) is 0 Å². The summed E-state index contributed by atoms with van der Waals surface area (Å²) in [6.45, 7) is 3.84. The number of hydrogen-bond donors (Lipinski definition) is 2. The average molecular weight is 487 g/mol. The zero-order valence-corrected chi connectivity index (χ0v) is 23.4. The number of hydrogen-bond acceptors (Lipinski definition) is 7. The molecule has 2 N–H and O–H groups in total. The summed E-state index contributed by atoms with van der Waals surface area (Å²) in [5, 5.41) is 27.0. The maximum atomic E-state index is 10.9. The molecule has 0 saturated heterocycles. The summed E-state index contributed by atoms with van der Waals surface area (Å²) in [4.78, 5) is 4.72. The summed E-state index contributed by atoms with van der Waals surface area (Å²) >= 11 is 0. The van der Waals surface area contributed by atoms with Crippen LogP contribution in [0.25, 0.3) is 22.8 Å². The number of ether oxygens (including phenoxy) is 1. The molecule has 1 aliphatic rings. The summed E-state index contributed by atoms with van der Waals surface area (Å²) in [7, 11) is 14.4. The van der Waals surface area contributed by atoms with E-state index >= 15 is 0 Å². The predicted molar refractivity (Wildman–Crippen MR) is 164 cm³/mol. The SMILES string of the molecule is BC(B)(O)C(B)(B)N[C@]1(B)c2cccc(-c3noc(-c4ccc(OC(C)C)c(C#N)c4)n3)c2CC1(B)B. The minimum atomic E-state index is -0.924. The van der Waals surface area contributed by atoms with Crippen LogP contribution in [0.2, 0.25) is 5.21 Å². The molecule has 0 aliphatic heterocycles. The third kappa shape index (κ3) is 4.80. The van der Waals surface area contributed by atoms with E-state index in [4.69, 9.17) is 14.2 Å². The Morgan fingerprint density at radius 3 is 2.49 bits per heavy atom. The van der Waals surface area contributed by atoms with Crippen LogP contribution in [0.5, 0.6) is 5.75 Å². The molecule has 1 heterocycles. The van der Waals surface area contributed by atoms with Gasteiger partial charge < -0.3 is 19.7 Å². The molecule has 0 amide bonds. The van der Waals surface area contributed by atoms with Gasteiger partial charge in [-0.1, -0.05) is 28.6 Å². The summed E-state index contributed by atoms with van der Waals surface area (Å²) in [5.41, 5.74) is 3.94. The van der Waals surface area contributed by atoms with Crippen LogP contribution in [0.3, 0.4) is 0 Å². The quantitative estimate of drug-likeness (QED) is 0.330. The van der Waals surface area contributed by atoms with Crippen molar-refractivity contribution in [1.82, 2.24) is 15.5 Å². The molecule has 0 spiro atoms. The van der Waals surface area contributed by atoms with Crippen molar-refractivity contribution < 1.29 is 14.4 Å². The Hall–Kier alpha value is -2.76. The highest BCUT2D eigenvalue weighted by atomic mass is 16.5. The van der Waals surface area contributed by atoms with Crippen LogP contribution in [0.4, 0.5) is 0 Å². The van der Waals surface area contributed by atoms with Gasteiger partial charge in [0.2, 0.25) is 5.82 Å². The second-order valence-corrected chi connectivity index (χ2v) is 12.2. The van der Waals surface area contributed by atoms with E-state index in [1.54, 1.807) is 12.1 Å². The van der Waals surface area contributed by atoms with Gasteiger partial charge >= 0.3 is 0 Å². The van der Waals surface area contributed by atoms with Gasteiger partial charge in [0, 0.05) is 22.0 Å². The number of fused-ring (bicyclic) bond motifs is 1. The standard InChI is InChI=1S/C23H31B7N4O3/c1-11(2)36-17-7-6-12(8-13(17)10-31)19-32-18(33-37-19)14-4-3-5-16-15(14)9-20(24,25)21(16,26)34-22(27,28)23(29,30)35/h3-8,11,34-35H,9,24-30H2,1-2H3/t21-/m1/s1. The van der Waals surface area contributed by atoms with Gasteiger partial charge in [-0.15, -0.1) is 0 Å². The number of nitrogens with one attached hydrogen (secondary N) is 1. The number of rotatable bonds is 7. The van der Waals surface area contributed by atoms with Crippen LogP contribution in [0.15, 0.2) is 40.9 Å². The van der Waals surface area contributed by atoms with E-state index in [9.17, 15) is 10.4 Å². The van der Waals surface area contributed by atoms with Gasteiger partial charge in [0.25, 0.3) is 5.89 Å². The lowest BCUT2D eigenvalue weighted by molar-refractivity contribution is 0.162. The molecule has 0 unspecified atom stereocenters. The lowest BCUT2D eigenvalue weighted by atomic mass is 9.35. The zero-order valence-electron chi connectivity index (χ0n) is 23.4. The molecule has 37 heavy (non-hydrogen) atoms. The molecule has 0 fully saturated rings. The number of aliphatic hydroxyl groups is 1. The first kappa shape index (κ1) is 27.3. The number of nitrogens with zero attached hydrogens (tertiary/aromatic N) is 3. The highest BCUT2D eigenvalue weighted by molar-refractivity contribution is 6.54. The van der Waals surface area contributed by atoms with Crippen molar-refractivity contribution in [2.75, 3.05) is 0 Å². The fourth-order valence-corrected chi connectivity index (χ4v) is 5.01. The summed E-state index contributed by atoms with van der Waals surface area (Å²) in [5.74, 6) is 1.39. The van der Waals surface area contributed by atoms with Gasteiger partial charge in [0.05, 0.1) is 11.7 Å². The van der Waals surface area contributed by atoms with E-state index in [0.29, 0.717) is 28.6 Å². The van der Waals surface area contributed by atoms with Crippen molar-refractivity contribution >= 4 is 54.9 Å². The van der Waals surface area contributed by atoms with Crippen molar-refractivity contribution in [1.29, 1.82) is 5.26 Å². The Bertz CT molecular complexity index is 1380. The lowest BCUT2D eigenvalue weighted by Crippen LogP contribution is -2.71. The fraction of sp³-hybridized carbons (Fsp3) is 0.348. The third-order valence-electron chi connectivity index (χ3n) is 8.16. The second-order valence-electron chi connectivity index (χ2n) is 12.2. The van der Waals surface area contributed by atoms with Gasteiger partial charge in [0.1, 0.15) is 66.7 Å². The minimum absolute atomic E-state index is 0.0356. The van der Waals surface area contributed by atoms with Gasteiger partial charge in [-0.25, -0.2) is 0 Å². The molecule has 7 nitrogen and oxygen atoms in total. The molecule has 0 saturated carbocycles. The van der Waals surface area contributed by atoms with Crippen LogP contribution in [-0.2, 0) is 11.9 Å². The van der Waals surface area contributed by atoms with Crippen molar-refractivity contribution in [3.05, 3.63) is 53.1 Å². The van der Waals surface area contributed by atoms with Crippen molar-refractivity contribution in [3.8, 4) is 34.7 Å². The summed E-state index contributed by atoms with van der Waals surface area (Å²) in [6.07, 6.45) is 0.778. The van der Waals surface area contributed by atoms with Crippen LogP contribution >= 0.6 is 0 Å². The molecule has 2 aromatic carbocycles. The Labute approximate surface area is 225 Å². The average Bonchev–Trinajstić information content (AvgIpc) is 3.34. The first-order valence-electron chi connectivity index (χ1n) is 12.8. The van der Waals surface area contributed by atoms with Crippen molar-refractivity contribution in [2.24, 2.45) is 0 Å². The van der Waals surface area contributed by atoms with E-state index in [1.165, 1.54) is 11.1 Å². The molecule has 1 aliphatic carbocycles. The molecular weight excluding hydrogens is 456 g/mol. The molecule has 14 heteroatoms. The monoisotopic (exact) mass is 488 g/mol. The largest absolute Gasteiger partial charge is 0.490 e. The van der Waals surface area contributed by atoms with Gasteiger partial charge in [-0.3, -0.25) is 0 Å². The highest BCUT2D eigenvalue weighted by Crippen LogP contribution is 2.52. The molecule has 0 radical (unpaired) electrons. The van der Waals surface area contributed by atoms with E-state index in [-0.39, 0.29) is 11.3 Å². The van der Waals surface area contributed by atoms with Crippen LogP contribution in [0.1, 0.15) is 30.5 Å². The maximum Gasteiger partial charge on any atom is 0.258 e. The number of aromatic nitrogens is 2. The number of benzene rings is 2. The Morgan fingerprint density at radius 2 is 1.86 bits per heavy atom. The highest BCUT2D eigenvalue weighted by Gasteiger charge is 2.52. The lowest BCUT2D eigenvalue weighted by Gasteiger charge is -2.51. The molecule has 0 bridgehead atoms. The van der Waals surface area contributed by atoms with Crippen LogP contribution < -0.4 is 10.1 Å².